The number of hydrogen-bond acceptors (Lipinski definition) is 3. The quantitative estimate of drug-likeness (QED) is 0.688. The van der Waals surface area contributed by atoms with Crippen LogP contribution in [0.25, 0.3) is 0 Å². The maximum Gasteiger partial charge on any atom is 0.138 e. The highest BCUT2D eigenvalue weighted by Gasteiger charge is 2.24. The molecular formula is C9H12N4. The van der Waals surface area contributed by atoms with Crippen LogP contribution >= 0.6 is 0 Å². The molecule has 1 aliphatic rings. The molecule has 2 atom stereocenters. The van der Waals surface area contributed by atoms with Gasteiger partial charge in [0.1, 0.15) is 11.8 Å². The SMILES string of the molecule is N#Cc1ccnn1C1CCC(N)C1. The number of nitrogens with two attached hydrogens (primary N) is 1. The van der Waals surface area contributed by atoms with Crippen LogP contribution in [0.1, 0.15) is 31.0 Å². The van der Waals surface area contributed by atoms with Gasteiger partial charge in [0.25, 0.3) is 0 Å². The van der Waals surface area contributed by atoms with Gasteiger partial charge in [-0.3, -0.25) is 4.68 Å². The minimum absolute atomic E-state index is 0.278. The maximum absolute atomic E-state index is 8.79. The fourth-order valence-electron chi connectivity index (χ4n) is 1.91. The first-order valence-electron chi connectivity index (χ1n) is 4.50. The lowest BCUT2D eigenvalue weighted by molar-refractivity contribution is 0.456. The monoisotopic (exact) mass is 176 g/mol. The van der Waals surface area contributed by atoms with Crippen LogP contribution in [0.3, 0.4) is 0 Å². The van der Waals surface area contributed by atoms with Gasteiger partial charge in [-0.05, 0) is 25.3 Å². The molecule has 13 heavy (non-hydrogen) atoms. The summed E-state index contributed by atoms with van der Waals surface area (Å²) < 4.78 is 1.80. The summed E-state index contributed by atoms with van der Waals surface area (Å²) in [5.41, 5.74) is 6.44. The van der Waals surface area contributed by atoms with Crippen LogP contribution in [0.15, 0.2) is 12.3 Å². The van der Waals surface area contributed by atoms with Crippen LogP contribution in [-0.4, -0.2) is 15.8 Å². The lowest BCUT2D eigenvalue weighted by atomic mass is 10.2. The van der Waals surface area contributed by atoms with E-state index in [1.54, 1.807) is 16.9 Å². The molecule has 1 aliphatic carbocycles. The summed E-state index contributed by atoms with van der Waals surface area (Å²) in [5.74, 6) is 0. The fraction of sp³-hybridized carbons (Fsp3) is 0.556. The average molecular weight is 176 g/mol. The summed E-state index contributed by atoms with van der Waals surface area (Å²) in [6.45, 7) is 0. The smallest absolute Gasteiger partial charge is 0.138 e. The molecule has 0 aliphatic heterocycles. The van der Waals surface area contributed by atoms with E-state index in [-0.39, 0.29) is 6.04 Å². The molecule has 2 rings (SSSR count). The van der Waals surface area contributed by atoms with Gasteiger partial charge >= 0.3 is 0 Å². The van der Waals surface area contributed by atoms with Gasteiger partial charge in [-0.15, -0.1) is 0 Å². The molecule has 1 fully saturated rings. The molecule has 0 bridgehead atoms. The zero-order valence-corrected chi connectivity index (χ0v) is 7.35. The Labute approximate surface area is 77.0 Å². The zero-order chi connectivity index (χ0) is 9.26. The lowest BCUT2D eigenvalue weighted by Crippen LogP contribution is -2.16. The standard InChI is InChI=1S/C9H12N4/c10-6-9-3-4-12-13(9)8-2-1-7(11)5-8/h3-4,7-8H,1-2,5,11H2. The lowest BCUT2D eigenvalue weighted by Gasteiger charge is -2.10. The van der Waals surface area contributed by atoms with Crippen molar-refractivity contribution in [3.05, 3.63) is 18.0 Å². The summed E-state index contributed by atoms with van der Waals surface area (Å²) in [7, 11) is 0. The first-order valence-corrected chi connectivity index (χ1v) is 4.50. The highest BCUT2D eigenvalue weighted by atomic mass is 15.3. The molecule has 4 heteroatoms. The molecule has 0 saturated heterocycles. The molecule has 0 aromatic carbocycles. The van der Waals surface area contributed by atoms with E-state index in [2.05, 4.69) is 11.2 Å². The van der Waals surface area contributed by atoms with Crippen molar-refractivity contribution in [2.24, 2.45) is 5.73 Å². The van der Waals surface area contributed by atoms with Crippen molar-refractivity contribution in [3.63, 3.8) is 0 Å². The van der Waals surface area contributed by atoms with Crippen LogP contribution in [0.2, 0.25) is 0 Å². The van der Waals surface area contributed by atoms with E-state index in [0.717, 1.165) is 19.3 Å². The molecule has 1 aromatic rings. The first kappa shape index (κ1) is 8.27. The summed E-state index contributed by atoms with van der Waals surface area (Å²) >= 11 is 0. The third-order valence-corrected chi connectivity index (χ3v) is 2.58. The van der Waals surface area contributed by atoms with Crippen molar-refractivity contribution in [2.75, 3.05) is 0 Å². The molecule has 2 unspecified atom stereocenters. The molecule has 1 heterocycles. The number of nitriles is 1. The Bertz CT molecular complexity index is 336. The van der Waals surface area contributed by atoms with Gasteiger partial charge in [0, 0.05) is 6.04 Å². The Hall–Kier alpha value is -1.34. The summed E-state index contributed by atoms with van der Waals surface area (Å²) in [4.78, 5) is 0. The van der Waals surface area contributed by atoms with Crippen molar-refractivity contribution in [1.29, 1.82) is 5.26 Å². The van der Waals surface area contributed by atoms with Gasteiger partial charge in [0.05, 0.1) is 12.2 Å². The fourth-order valence-corrected chi connectivity index (χ4v) is 1.91. The van der Waals surface area contributed by atoms with E-state index in [1.807, 2.05) is 0 Å². The summed E-state index contributed by atoms with van der Waals surface area (Å²) in [5, 5.41) is 12.9. The van der Waals surface area contributed by atoms with Crippen LogP contribution < -0.4 is 5.73 Å². The number of rotatable bonds is 1. The van der Waals surface area contributed by atoms with E-state index in [1.165, 1.54) is 0 Å². The number of nitrogens with zero attached hydrogens (tertiary/aromatic N) is 3. The van der Waals surface area contributed by atoms with Gasteiger partial charge in [0.15, 0.2) is 0 Å². The normalized spacial score (nSPS) is 27.4. The zero-order valence-electron chi connectivity index (χ0n) is 7.35. The number of aromatic nitrogens is 2. The highest BCUT2D eigenvalue weighted by Crippen LogP contribution is 2.28. The van der Waals surface area contributed by atoms with Crippen molar-refractivity contribution in [1.82, 2.24) is 9.78 Å². The Balaban J connectivity index is 2.22. The summed E-state index contributed by atoms with van der Waals surface area (Å²) in [6, 6.07) is 4.48. The largest absolute Gasteiger partial charge is 0.328 e. The van der Waals surface area contributed by atoms with Crippen LogP contribution in [0, 0.1) is 11.3 Å². The van der Waals surface area contributed by atoms with E-state index in [9.17, 15) is 0 Å². The second kappa shape index (κ2) is 3.19. The molecule has 0 amide bonds. The predicted octanol–water partition coefficient (Wildman–Crippen LogP) is 0.807. The van der Waals surface area contributed by atoms with Gasteiger partial charge in [-0.1, -0.05) is 0 Å². The Kier molecular flexibility index (Phi) is 2.03. The molecular weight excluding hydrogens is 164 g/mol. The molecule has 68 valence electrons. The third kappa shape index (κ3) is 1.43. The van der Waals surface area contributed by atoms with Gasteiger partial charge in [-0.25, -0.2) is 0 Å². The summed E-state index contributed by atoms with van der Waals surface area (Å²) in [6.07, 6.45) is 4.69. The Morgan fingerprint density at radius 2 is 2.46 bits per heavy atom. The van der Waals surface area contributed by atoms with E-state index in [0.29, 0.717) is 11.7 Å². The van der Waals surface area contributed by atoms with Crippen LogP contribution in [-0.2, 0) is 0 Å². The second-order valence-electron chi connectivity index (χ2n) is 3.50. The first-order chi connectivity index (χ1) is 6.31. The van der Waals surface area contributed by atoms with Crippen molar-refractivity contribution in [3.8, 4) is 6.07 Å². The third-order valence-electron chi connectivity index (χ3n) is 2.58. The molecule has 1 aromatic heterocycles. The predicted molar refractivity (Wildman–Crippen MR) is 47.8 cm³/mol. The molecule has 1 saturated carbocycles. The topological polar surface area (TPSA) is 67.6 Å². The van der Waals surface area contributed by atoms with E-state index >= 15 is 0 Å². The minimum Gasteiger partial charge on any atom is -0.328 e. The van der Waals surface area contributed by atoms with Crippen molar-refractivity contribution < 1.29 is 0 Å². The van der Waals surface area contributed by atoms with E-state index < -0.39 is 0 Å². The van der Waals surface area contributed by atoms with E-state index in [4.69, 9.17) is 11.0 Å². The van der Waals surface area contributed by atoms with Gasteiger partial charge < -0.3 is 5.73 Å². The van der Waals surface area contributed by atoms with Crippen LogP contribution in [0.4, 0.5) is 0 Å². The molecule has 0 radical (unpaired) electrons. The van der Waals surface area contributed by atoms with Gasteiger partial charge in [0.2, 0.25) is 0 Å². The number of hydrogen-bond donors (Lipinski definition) is 1. The highest BCUT2D eigenvalue weighted by molar-refractivity contribution is 5.19. The Morgan fingerprint density at radius 3 is 3.08 bits per heavy atom. The molecule has 4 nitrogen and oxygen atoms in total. The van der Waals surface area contributed by atoms with Crippen LogP contribution in [0.5, 0.6) is 0 Å². The van der Waals surface area contributed by atoms with Gasteiger partial charge in [-0.2, -0.15) is 10.4 Å². The minimum atomic E-state index is 0.278. The molecule has 0 spiro atoms. The van der Waals surface area contributed by atoms with Crippen molar-refractivity contribution >= 4 is 0 Å². The van der Waals surface area contributed by atoms with Crippen molar-refractivity contribution in [2.45, 2.75) is 31.3 Å². The maximum atomic E-state index is 8.79. The molecule has 2 N–H and O–H groups in total. The second-order valence-corrected chi connectivity index (χ2v) is 3.50. The average Bonchev–Trinajstić information content (AvgIpc) is 2.71. The Morgan fingerprint density at radius 1 is 1.62 bits per heavy atom.